The number of hydrogen-bond acceptors (Lipinski definition) is 4. The molecule has 2 heterocycles. The molecule has 34 heavy (non-hydrogen) atoms. The van der Waals surface area contributed by atoms with Crippen LogP contribution in [0.3, 0.4) is 0 Å². The van der Waals surface area contributed by atoms with Crippen LogP contribution in [0, 0.1) is 12.8 Å². The quantitative estimate of drug-likeness (QED) is 0.446. The molecule has 1 fully saturated rings. The van der Waals surface area contributed by atoms with Crippen LogP contribution in [0.4, 0.5) is 0 Å². The topological polar surface area (TPSA) is 111 Å². The van der Waals surface area contributed by atoms with E-state index < -0.39 is 23.7 Å². The van der Waals surface area contributed by atoms with Crippen LogP contribution in [0.25, 0.3) is 10.9 Å². The van der Waals surface area contributed by atoms with Gasteiger partial charge in [0.25, 0.3) is 0 Å². The van der Waals surface area contributed by atoms with Crippen LogP contribution >= 0.6 is 0 Å². The Morgan fingerprint density at radius 3 is 2.62 bits per heavy atom. The first-order chi connectivity index (χ1) is 16.3. The molecule has 1 aliphatic rings. The van der Waals surface area contributed by atoms with Crippen molar-refractivity contribution in [3.63, 3.8) is 0 Å². The molecule has 2 unspecified atom stereocenters. The van der Waals surface area contributed by atoms with Crippen LogP contribution in [0.2, 0.25) is 0 Å². The standard InChI is InChI=1S/C26H28N4O4/c1-16-7-3-4-8-18(16)12-28-25(33)21(11-19-13-27-22-10-6-5-9-20(19)22)23(31)14-30-15-24(32)29-17(2)26(30)34/h3-10,13,17,21,27H,11-12,14-15H2,1-2H3,(H,28,33)(H,29,32). The van der Waals surface area contributed by atoms with Crippen LogP contribution in [-0.4, -0.2) is 52.5 Å². The molecule has 0 bridgehead atoms. The van der Waals surface area contributed by atoms with Crippen LogP contribution in [-0.2, 0) is 32.1 Å². The summed E-state index contributed by atoms with van der Waals surface area (Å²) in [5.74, 6) is -2.46. The van der Waals surface area contributed by atoms with E-state index in [1.165, 1.54) is 4.90 Å². The molecule has 3 aromatic rings. The Labute approximate surface area is 197 Å². The summed E-state index contributed by atoms with van der Waals surface area (Å²) in [6.07, 6.45) is 1.99. The SMILES string of the molecule is Cc1ccccc1CNC(=O)C(Cc1c[nH]c2ccccc12)C(=O)CN1CC(=O)NC(C)C1=O. The number of fused-ring (bicyclic) bond motifs is 1. The molecule has 3 N–H and O–H groups in total. The van der Waals surface area contributed by atoms with Crippen molar-refractivity contribution in [2.45, 2.75) is 32.9 Å². The number of ketones is 1. The van der Waals surface area contributed by atoms with Crippen molar-refractivity contribution in [1.29, 1.82) is 0 Å². The second-order valence-electron chi connectivity index (χ2n) is 8.71. The van der Waals surface area contributed by atoms with Gasteiger partial charge < -0.3 is 20.5 Å². The van der Waals surface area contributed by atoms with Crippen molar-refractivity contribution in [2.24, 2.45) is 5.92 Å². The van der Waals surface area contributed by atoms with Gasteiger partial charge in [-0.1, -0.05) is 42.5 Å². The molecule has 4 rings (SSSR count). The molecule has 1 saturated heterocycles. The average molecular weight is 461 g/mol. The minimum absolute atomic E-state index is 0.187. The molecule has 8 heteroatoms. The number of para-hydroxylation sites is 1. The zero-order valence-corrected chi connectivity index (χ0v) is 19.3. The first-order valence-corrected chi connectivity index (χ1v) is 11.3. The van der Waals surface area contributed by atoms with Crippen molar-refractivity contribution in [1.82, 2.24) is 20.5 Å². The van der Waals surface area contributed by atoms with E-state index >= 15 is 0 Å². The Kier molecular flexibility index (Phi) is 6.77. The number of hydrogen-bond donors (Lipinski definition) is 3. The number of H-pyrrole nitrogens is 1. The molecule has 1 aromatic heterocycles. The highest BCUT2D eigenvalue weighted by molar-refractivity contribution is 6.05. The number of carbonyl (C=O) groups is 4. The number of aryl methyl sites for hydroxylation is 1. The summed E-state index contributed by atoms with van der Waals surface area (Å²) in [5.41, 5.74) is 3.77. The summed E-state index contributed by atoms with van der Waals surface area (Å²) in [6, 6.07) is 14.7. The molecule has 3 amide bonds. The summed E-state index contributed by atoms with van der Waals surface area (Å²) in [7, 11) is 0. The molecule has 0 radical (unpaired) electrons. The molecule has 2 atom stereocenters. The van der Waals surface area contributed by atoms with Gasteiger partial charge in [-0.05, 0) is 43.0 Å². The zero-order valence-electron chi connectivity index (χ0n) is 19.3. The number of aromatic amines is 1. The Balaban J connectivity index is 1.55. The second kappa shape index (κ2) is 9.91. The lowest BCUT2D eigenvalue weighted by Crippen LogP contribution is -2.58. The van der Waals surface area contributed by atoms with Crippen molar-refractivity contribution in [3.05, 3.63) is 71.4 Å². The Morgan fingerprint density at radius 1 is 1.09 bits per heavy atom. The maximum absolute atomic E-state index is 13.4. The fourth-order valence-corrected chi connectivity index (χ4v) is 4.29. The minimum Gasteiger partial charge on any atom is -0.361 e. The molecule has 176 valence electrons. The maximum atomic E-state index is 13.4. The Bertz CT molecular complexity index is 1250. The smallest absolute Gasteiger partial charge is 0.245 e. The van der Waals surface area contributed by atoms with E-state index in [0.29, 0.717) is 6.54 Å². The fraction of sp³-hybridized carbons (Fsp3) is 0.308. The molecule has 2 aromatic carbocycles. The molecular weight excluding hydrogens is 432 g/mol. The maximum Gasteiger partial charge on any atom is 0.245 e. The number of nitrogens with one attached hydrogen (secondary N) is 3. The number of benzene rings is 2. The number of amides is 3. The van der Waals surface area contributed by atoms with Gasteiger partial charge in [0.15, 0.2) is 5.78 Å². The zero-order chi connectivity index (χ0) is 24.2. The van der Waals surface area contributed by atoms with E-state index in [4.69, 9.17) is 0 Å². The van der Waals surface area contributed by atoms with Crippen molar-refractivity contribution in [3.8, 4) is 0 Å². The van der Waals surface area contributed by atoms with Crippen LogP contribution in [0.5, 0.6) is 0 Å². The normalized spacial score (nSPS) is 16.9. The first-order valence-electron chi connectivity index (χ1n) is 11.3. The number of Topliss-reactive ketones (excluding diaryl/α,β-unsaturated/α-hetero) is 1. The Hall–Kier alpha value is -3.94. The van der Waals surface area contributed by atoms with E-state index in [0.717, 1.165) is 27.6 Å². The summed E-state index contributed by atoms with van der Waals surface area (Å²) in [4.78, 5) is 55.4. The highest BCUT2D eigenvalue weighted by Gasteiger charge is 2.34. The lowest BCUT2D eigenvalue weighted by atomic mass is 9.93. The van der Waals surface area contributed by atoms with Gasteiger partial charge in [-0.3, -0.25) is 19.2 Å². The van der Waals surface area contributed by atoms with Crippen LogP contribution in [0.15, 0.2) is 54.7 Å². The molecular formula is C26H28N4O4. The predicted octanol–water partition coefficient (Wildman–Crippen LogP) is 1.87. The van der Waals surface area contributed by atoms with Crippen molar-refractivity contribution < 1.29 is 19.2 Å². The van der Waals surface area contributed by atoms with Crippen LogP contribution in [0.1, 0.15) is 23.6 Å². The van der Waals surface area contributed by atoms with Gasteiger partial charge in [-0.25, -0.2) is 0 Å². The number of piperazine rings is 1. The molecule has 8 nitrogen and oxygen atoms in total. The minimum atomic E-state index is -1.00. The first kappa shape index (κ1) is 23.2. The van der Waals surface area contributed by atoms with Crippen LogP contribution < -0.4 is 10.6 Å². The van der Waals surface area contributed by atoms with E-state index in [-0.39, 0.29) is 31.3 Å². The summed E-state index contributed by atoms with van der Waals surface area (Å²) in [5, 5.41) is 6.39. The molecule has 0 saturated carbocycles. The lowest BCUT2D eigenvalue weighted by Gasteiger charge is -2.31. The van der Waals surface area contributed by atoms with Gasteiger partial charge in [0.2, 0.25) is 17.7 Å². The predicted molar refractivity (Wildman–Crippen MR) is 128 cm³/mol. The second-order valence-corrected chi connectivity index (χ2v) is 8.71. The third-order valence-electron chi connectivity index (χ3n) is 6.26. The van der Waals surface area contributed by atoms with Gasteiger partial charge >= 0.3 is 0 Å². The molecule has 0 spiro atoms. The summed E-state index contributed by atoms with van der Waals surface area (Å²) < 4.78 is 0. The third kappa shape index (κ3) is 5.01. The number of nitrogens with zero attached hydrogens (tertiary/aromatic N) is 1. The van der Waals surface area contributed by atoms with E-state index in [1.54, 1.807) is 13.1 Å². The number of aromatic nitrogens is 1. The monoisotopic (exact) mass is 460 g/mol. The van der Waals surface area contributed by atoms with E-state index in [2.05, 4.69) is 15.6 Å². The lowest BCUT2D eigenvalue weighted by molar-refractivity contribution is -0.147. The largest absolute Gasteiger partial charge is 0.361 e. The number of rotatable bonds is 8. The van der Waals surface area contributed by atoms with Gasteiger partial charge in [0.05, 0.1) is 6.54 Å². The highest BCUT2D eigenvalue weighted by atomic mass is 16.2. The summed E-state index contributed by atoms with van der Waals surface area (Å²) >= 11 is 0. The van der Waals surface area contributed by atoms with E-state index in [9.17, 15) is 19.2 Å². The van der Waals surface area contributed by atoms with Crippen molar-refractivity contribution >= 4 is 34.4 Å². The van der Waals surface area contributed by atoms with E-state index in [1.807, 2.05) is 55.5 Å². The van der Waals surface area contributed by atoms with Gasteiger partial charge in [-0.2, -0.15) is 0 Å². The summed E-state index contributed by atoms with van der Waals surface area (Å²) in [6.45, 7) is 3.35. The molecule has 1 aliphatic heterocycles. The Morgan fingerprint density at radius 2 is 1.82 bits per heavy atom. The van der Waals surface area contributed by atoms with Gasteiger partial charge in [0.1, 0.15) is 18.5 Å². The highest BCUT2D eigenvalue weighted by Crippen LogP contribution is 2.22. The fourth-order valence-electron chi connectivity index (χ4n) is 4.29. The third-order valence-corrected chi connectivity index (χ3v) is 6.26. The van der Waals surface area contributed by atoms with Gasteiger partial charge in [0, 0.05) is 23.6 Å². The molecule has 0 aliphatic carbocycles. The van der Waals surface area contributed by atoms with Crippen molar-refractivity contribution in [2.75, 3.05) is 13.1 Å². The van der Waals surface area contributed by atoms with Gasteiger partial charge in [-0.15, -0.1) is 0 Å². The average Bonchev–Trinajstić information content (AvgIpc) is 3.22. The number of carbonyl (C=O) groups excluding carboxylic acids is 4.